The number of nitrogens with zero attached hydrogens (tertiary/aromatic N) is 3. The van der Waals surface area contributed by atoms with Crippen LogP contribution in [-0.2, 0) is 20.0 Å². The van der Waals surface area contributed by atoms with Crippen LogP contribution in [0.25, 0.3) is 0 Å². The lowest BCUT2D eigenvalue weighted by Crippen LogP contribution is -2.41. The molecule has 1 unspecified atom stereocenters. The highest BCUT2D eigenvalue weighted by molar-refractivity contribution is 7.89. The predicted octanol–water partition coefficient (Wildman–Crippen LogP) is 5.07. The summed E-state index contributed by atoms with van der Waals surface area (Å²) in [6, 6.07) is 13.7. The maximum absolute atomic E-state index is 13.7. The van der Waals surface area contributed by atoms with Crippen molar-refractivity contribution < 1.29 is 16.8 Å². The second kappa shape index (κ2) is 14.0. The summed E-state index contributed by atoms with van der Waals surface area (Å²) in [5.74, 6) is 0.603. The fraction of sp³-hybridized carbons (Fsp3) is 0.533. The third-order valence-electron chi connectivity index (χ3n) is 7.52. The summed E-state index contributed by atoms with van der Waals surface area (Å²) < 4.78 is 57.6. The van der Waals surface area contributed by atoms with Gasteiger partial charge in [-0.1, -0.05) is 62.2 Å². The summed E-state index contributed by atoms with van der Waals surface area (Å²) in [7, 11) is -7.54. The highest BCUT2D eigenvalue weighted by Crippen LogP contribution is 2.22. The molecule has 0 amide bonds. The number of benzene rings is 2. The molecule has 7 nitrogen and oxygen atoms in total. The van der Waals surface area contributed by atoms with Gasteiger partial charge in [0, 0.05) is 26.2 Å². The van der Waals surface area contributed by atoms with Gasteiger partial charge in [0.1, 0.15) is 0 Å². The van der Waals surface area contributed by atoms with Crippen molar-refractivity contribution in [3.8, 4) is 0 Å². The minimum Gasteiger partial charge on any atom is -0.303 e. The first-order valence-corrected chi connectivity index (χ1v) is 16.8. The van der Waals surface area contributed by atoms with Crippen molar-refractivity contribution in [2.75, 3.05) is 45.8 Å². The van der Waals surface area contributed by atoms with Gasteiger partial charge in [-0.3, -0.25) is 0 Å². The lowest BCUT2D eigenvalue weighted by atomic mass is 10.0. The van der Waals surface area contributed by atoms with Crippen molar-refractivity contribution in [1.82, 2.24) is 13.5 Å². The van der Waals surface area contributed by atoms with Crippen molar-refractivity contribution in [2.24, 2.45) is 5.92 Å². The van der Waals surface area contributed by atoms with Crippen molar-refractivity contribution >= 4 is 20.0 Å². The molecule has 1 aliphatic rings. The van der Waals surface area contributed by atoms with Crippen LogP contribution in [0.2, 0.25) is 0 Å². The van der Waals surface area contributed by atoms with Crippen molar-refractivity contribution in [3.05, 3.63) is 71.8 Å². The lowest BCUT2D eigenvalue weighted by molar-refractivity contribution is 0.230. The van der Waals surface area contributed by atoms with Crippen LogP contribution < -0.4 is 0 Å². The Morgan fingerprint density at radius 2 is 1.15 bits per heavy atom. The molecule has 1 atom stereocenters. The molecule has 2 aromatic rings. The Hall–Kier alpha value is -2.04. The number of hydrogen-bond donors (Lipinski definition) is 0. The molecule has 0 saturated carbocycles. The van der Waals surface area contributed by atoms with E-state index in [4.69, 9.17) is 0 Å². The molecule has 0 N–H and O–H groups in total. The van der Waals surface area contributed by atoms with E-state index < -0.39 is 20.0 Å². The van der Waals surface area contributed by atoms with Gasteiger partial charge in [-0.2, -0.15) is 8.61 Å². The quantitative estimate of drug-likeness (QED) is 0.411. The average Bonchev–Trinajstić information content (AvgIpc) is 2.89. The molecular formula is C30H45N3O4S2. The maximum atomic E-state index is 13.7. The topological polar surface area (TPSA) is 78.0 Å². The molecule has 1 heterocycles. The first kappa shape index (κ1) is 31.5. The minimum absolute atomic E-state index is 0.0724. The van der Waals surface area contributed by atoms with E-state index in [1.807, 2.05) is 13.8 Å². The van der Waals surface area contributed by atoms with Crippen LogP contribution in [0.3, 0.4) is 0 Å². The third kappa shape index (κ3) is 8.72. The van der Waals surface area contributed by atoms with Gasteiger partial charge in [-0.25, -0.2) is 16.8 Å². The number of hydrogen-bond acceptors (Lipinski definition) is 5. The Morgan fingerprint density at radius 3 is 1.54 bits per heavy atom. The zero-order chi connectivity index (χ0) is 28.6. The molecule has 0 radical (unpaired) electrons. The summed E-state index contributed by atoms with van der Waals surface area (Å²) in [6.45, 7) is 15.7. The molecule has 39 heavy (non-hydrogen) atoms. The van der Waals surface area contributed by atoms with Crippen molar-refractivity contribution in [1.29, 1.82) is 0 Å². The molecule has 0 aliphatic carbocycles. The van der Waals surface area contributed by atoms with Gasteiger partial charge < -0.3 is 4.90 Å². The van der Waals surface area contributed by atoms with E-state index in [1.165, 1.54) is 8.61 Å². The Balaban J connectivity index is 1.90. The maximum Gasteiger partial charge on any atom is 0.243 e. The fourth-order valence-electron chi connectivity index (χ4n) is 4.72. The molecule has 3 rings (SSSR count). The summed E-state index contributed by atoms with van der Waals surface area (Å²) in [5, 5.41) is 0. The molecule has 216 valence electrons. The van der Waals surface area contributed by atoms with E-state index in [9.17, 15) is 16.8 Å². The standard InChI is InChI=1S/C30H45N3O4S2/c1-6-25(2)17-22-31-18-7-20-32(38(34,35)29-13-9-26(3)10-14-29)23-28(5)24-33(21-8-19-31)39(36,37)30-15-11-27(4)12-16-30/h9-16,25H,5-8,17-24H2,1-4H3. The molecular weight excluding hydrogens is 530 g/mol. The Bertz CT molecular complexity index is 1200. The van der Waals surface area contributed by atoms with Crippen LogP contribution in [0, 0.1) is 19.8 Å². The van der Waals surface area contributed by atoms with Gasteiger partial charge in [-0.15, -0.1) is 0 Å². The van der Waals surface area contributed by atoms with Crippen molar-refractivity contribution in [2.45, 2.75) is 63.2 Å². The zero-order valence-corrected chi connectivity index (χ0v) is 25.6. The Labute approximate surface area is 236 Å². The summed E-state index contributed by atoms with van der Waals surface area (Å²) in [6.07, 6.45) is 3.57. The Morgan fingerprint density at radius 1 is 0.744 bits per heavy atom. The highest BCUT2D eigenvalue weighted by atomic mass is 32.2. The largest absolute Gasteiger partial charge is 0.303 e. The molecule has 2 aromatic carbocycles. The Kier molecular flexibility index (Phi) is 11.3. The molecule has 9 heteroatoms. The molecule has 1 aliphatic heterocycles. The normalized spacial score (nSPS) is 18.8. The average molecular weight is 576 g/mol. The first-order chi connectivity index (χ1) is 18.4. The van der Waals surface area contributed by atoms with Crippen LogP contribution in [-0.4, -0.2) is 76.2 Å². The predicted molar refractivity (Wildman–Crippen MR) is 159 cm³/mol. The smallest absolute Gasteiger partial charge is 0.243 e. The van der Waals surface area contributed by atoms with Gasteiger partial charge in [0.25, 0.3) is 0 Å². The molecule has 1 fully saturated rings. The van der Waals surface area contributed by atoms with E-state index in [2.05, 4.69) is 25.3 Å². The summed E-state index contributed by atoms with van der Waals surface area (Å²) >= 11 is 0. The monoisotopic (exact) mass is 575 g/mol. The van der Waals surface area contributed by atoms with E-state index in [0.29, 0.717) is 37.4 Å². The van der Waals surface area contributed by atoms with Gasteiger partial charge in [0.15, 0.2) is 0 Å². The van der Waals surface area contributed by atoms with Gasteiger partial charge in [0.2, 0.25) is 20.0 Å². The van der Waals surface area contributed by atoms with Gasteiger partial charge in [0.05, 0.1) is 9.79 Å². The van der Waals surface area contributed by atoms with Crippen LogP contribution in [0.4, 0.5) is 0 Å². The van der Waals surface area contributed by atoms with Gasteiger partial charge >= 0.3 is 0 Å². The highest BCUT2D eigenvalue weighted by Gasteiger charge is 2.29. The number of rotatable bonds is 8. The third-order valence-corrected chi connectivity index (χ3v) is 11.2. The van der Waals surface area contributed by atoms with E-state index >= 15 is 0 Å². The SMILES string of the molecule is C=C1CN(S(=O)(=O)c2ccc(C)cc2)CCCN(CCC(C)CC)CCCN(S(=O)(=O)c2ccc(C)cc2)C1. The van der Waals surface area contributed by atoms with E-state index in [-0.39, 0.29) is 22.9 Å². The van der Waals surface area contributed by atoms with E-state index in [0.717, 1.165) is 43.6 Å². The first-order valence-electron chi connectivity index (χ1n) is 14.0. The van der Waals surface area contributed by atoms with Crippen molar-refractivity contribution in [3.63, 3.8) is 0 Å². The second-order valence-corrected chi connectivity index (χ2v) is 14.8. The van der Waals surface area contributed by atoms with Gasteiger partial charge in [-0.05, 0) is 88.5 Å². The number of sulfonamides is 2. The molecule has 0 spiro atoms. The molecule has 0 aromatic heterocycles. The fourth-order valence-corrected chi connectivity index (χ4v) is 7.72. The van der Waals surface area contributed by atoms with Crippen LogP contribution in [0.15, 0.2) is 70.5 Å². The molecule has 1 saturated heterocycles. The van der Waals surface area contributed by atoms with Crippen LogP contribution in [0.1, 0.15) is 50.7 Å². The minimum atomic E-state index is -3.77. The molecule has 0 bridgehead atoms. The van der Waals surface area contributed by atoms with E-state index in [1.54, 1.807) is 48.5 Å². The summed E-state index contributed by atoms with van der Waals surface area (Å²) in [5.41, 5.74) is 2.53. The lowest BCUT2D eigenvalue weighted by Gasteiger charge is -2.31. The second-order valence-electron chi connectivity index (χ2n) is 10.9. The van der Waals surface area contributed by atoms with Crippen LogP contribution in [0.5, 0.6) is 0 Å². The van der Waals surface area contributed by atoms with Crippen LogP contribution >= 0.6 is 0 Å². The zero-order valence-electron chi connectivity index (χ0n) is 24.0. The summed E-state index contributed by atoms with van der Waals surface area (Å²) in [4.78, 5) is 2.84. The number of aryl methyl sites for hydroxylation is 2.